The van der Waals surface area contributed by atoms with Crippen LogP contribution < -0.4 is 0 Å². The molecule has 5 heteroatoms. The zero-order valence-corrected chi connectivity index (χ0v) is 9.11. The van der Waals surface area contributed by atoms with Crippen molar-refractivity contribution in [2.45, 2.75) is 13.8 Å². The van der Waals surface area contributed by atoms with Crippen LogP contribution in [-0.2, 0) is 4.74 Å². The fourth-order valence-corrected chi connectivity index (χ4v) is 0.552. The summed E-state index contributed by atoms with van der Waals surface area (Å²) in [7, 11) is 0. The van der Waals surface area contributed by atoms with Crippen LogP contribution in [0.5, 0.6) is 0 Å². The van der Waals surface area contributed by atoms with E-state index in [0.29, 0.717) is 13.2 Å². The third-order valence-corrected chi connectivity index (χ3v) is 2.51. The topological polar surface area (TPSA) is 26.3 Å². The lowest BCUT2D eigenvalue weighted by molar-refractivity contribution is -0.527. The van der Waals surface area contributed by atoms with Crippen LogP contribution in [0.25, 0.3) is 0 Å². The molecule has 0 aromatic rings. The van der Waals surface area contributed by atoms with Gasteiger partial charge in [0.25, 0.3) is 32.3 Å². The lowest BCUT2D eigenvalue weighted by atomic mass is 10.7. The van der Waals surface area contributed by atoms with Gasteiger partial charge in [-0.2, -0.15) is 4.79 Å². The van der Waals surface area contributed by atoms with Gasteiger partial charge in [0.15, 0.2) is 0 Å². The fraction of sp³-hybridized carbons (Fsp3) is 0.800. The van der Waals surface area contributed by atoms with Gasteiger partial charge in [0.1, 0.15) is 6.54 Å². The van der Waals surface area contributed by atoms with Crippen molar-refractivity contribution in [3.8, 4) is 0 Å². The summed E-state index contributed by atoms with van der Waals surface area (Å²) in [6, 6.07) is 0. The Morgan fingerprint density at radius 1 is 1.50 bits per heavy atom. The van der Waals surface area contributed by atoms with Gasteiger partial charge in [-0.3, -0.25) is 0 Å². The number of ether oxygens (including phenoxy) is 1. The molecule has 60 valence electrons. The van der Waals surface area contributed by atoms with Gasteiger partial charge in [-0.05, 0) is 13.8 Å². The second kappa shape index (κ2) is 4.31. The molecule has 0 fully saturated rings. The molecule has 3 nitrogen and oxygen atoms in total. The van der Waals surface area contributed by atoms with Crippen LogP contribution in [0.2, 0.25) is 0 Å². The zero-order valence-electron chi connectivity index (χ0n) is 5.93. The number of carbonyl (C=O) groups is 1. The maximum atomic E-state index is 11.0. The molecule has 0 bridgehead atoms. The van der Waals surface area contributed by atoms with Gasteiger partial charge >= 0.3 is 6.09 Å². The molecule has 0 aliphatic heterocycles. The van der Waals surface area contributed by atoms with Gasteiger partial charge in [0, 0.05) is 0 Å². The monoisotopic (exact) mass is 274 g/mol. The van der Waals surface area contributed by atoms with Crippen molar-refractivity contribution in [1.82, 2.24) is 0 Å². The standard InChI is InChI=1S/C5H10Br2NO2/c1-3-8(6,7)5(9)10-4-2/h3-4H2,1-2H3/q+1. The highest BCUT2D eigenvalue weighted by Crippen LogP contribution is 2.23. The van der Waals surface area contributed by atoms with Crippen molar-refractivity contribution in [3.05, 3.63) is 0 Å². The number of carbonyl (C=O) groups excluding carboxylic acids is 1. The van der Waals surface area contributed by atoms with Gasteiger partial charge in [-0.1, -0.05) is 2.54 Å². The molecule has 0 N–H and O–H groups in total. The summed E-state index contributed by atoms with van der Waals surface area (Å²) in [5.41, 5.74) is 0. The Kier molecular flexibility index (Phi) is 4.47. The van der Waals surface area contributed by atoms with E-state index in [0.717, 1.165) is 0 Å². The van der Waals surface area contributed by atoms with Crippen molar-refractivity contribution >= 4 is 38.4 Å². The Hall–Kier alpha value is 0.390. The van der Waals surface area contributed by atoms with E-state index in [-0.39, 0.29) is 8.63 Å². The summed E-state index contributed by atoms with van der Waals surface area (Å²) >= 11 is 6.25. The smallest absolute Gasteiger partial charge is 0.419 e. The number of halogens is 2. The molecule has 1 amide bonds. The minimum Gasteiger partial charge on any atom is -0.419 e. The average Bonchev–Trinajstić information content (AvgIpc) is 1.89. The SMILES string of the molecule is CCOC(=O)[N+](Br)(Br)CC. The van der Waals surface area contributed by atoms with E-state index in [9.17, 15) is 4.79 Å². The average molecular weight is 276 g/mol. The van der Waals surface area contributed by atoms with E-state index in [1.54, 1.807) is 6.92 Å². The molecular formula is C5H10Br2NO2+. The third kappa shape index (κ3) is 2.98. The molecule has 0 saturated carbocycles. The Morgan fingerprint density at radius 2 is 2.00 bits per heavy atom. The Morgan fingerprint density at radius 3 is 2.30 bits per heavy atom. The second-order valence-electron chi connectivity index (χ2n) is 1.65. The first-order chi connectivity index (χ1) is 4.54. The lowest BCUT2D eigenvalue weighted by Gasteiger charge is -2.14. The maximum Gasteiger partial charge on any atom is 0.537 e. The number of quaternary nitrogens is 1. The number of amides is 1. The molecule has 0 atom stereocenters. The fourth-order valence-electron chi connectivity index (χ4n) is 0.347. The summed E-state index contributed by atoms with van der Waals surface area (Å²) in [6.45, 7) is 4.63. The first kappa shape index (κ1) is 10.4. The van der Waals surface area contributed by atoms with E-state index in [2.05, 4.69) is 32.3 Å². The van der Waals surface area contributed by atoms with Crippen molar-refractivity contribution in [2.75, 3.05) is 13.2 Å². The molecule has 0 saturated heterocycles. The summed E-state index contributed by atoms with van der Waals surface area (Å²) in [4.78, 5) is 11.0. The van der Waals surface area contributed by atoms with Gasteiger partial charge in [-0.25, -0.2) is 0 Å². The van der Waals surface area contributed by atoms with E-state index >= 15 is 0 Å². The highest BCUT2D eigenvalue weighted by atomic mass is 79.9. The molecule has 0 heterocycles. The van der Waals surface area contributed by atoms with Crippen LogP contribution in [0.15, 0.2) is 0 Å². The molecule has 0 aliphatic rings. The maximum absolute atomic E-state index is 11.0. The van der Waals surface area contributed by atoms with Crippen LogP contribution in [0.4, 0.5) is 4.79 Å². The zero-order chi connectivity index (χ0) is 8.20. The third-order valence-electron chi connectivity index (χ3n) is 0.932. The van der Waals surface area contributed by atoms with Gasteiger partial charge in [0.2, 0.25) is 0 Å². The lowest BCUT2D eigenvalue weighted by Crippen LogP contribution is -2.33. The van der Waals surface area contributed by atoms with Crippen LogP contribution in [0, 0.1) is 0 Å². The molecule has 0 aromatic heterocycles. The molecule has 0 unspecified atom stereocenters. The minimum absolute atomic E-state index is 0.0756. The van der Waals surface area contributed by atoms with Gasteiger partial charge < -0.3 is 4.74 Å². The number of hydrogen-bond acceptors (Lipinski definition) is 2. The highest BCUT2D eigenvalue weighted by Gasteiger charge is 2.33. The van der Waals surface area contributed by atoms with E-state index in [4.69, 9.17) is 4.74 Å². The van der Waals surface area contributed by atoms with Crippen molar-refractivity contribution < 1.29 is 12.1 Å². The first-order valence-corrected chi connectivity index (χ1v) is 4.41. The van der Waals surface area contributed by atoms with Crippen molar-refractivity contribution in [3.63, 3.8) is 0 Å². The first-order valence-electron chi connectivity index (χ1n) is 2.99. The Balaban J connectivity index is 3.91. The molecular weight excluding hydrogens is 266 g/mol. The minimum atomic E-state index is -0.329. The molecule has 0 rings (SSSR count). The molecule has 0 spiro atoms. The van der Waals surface area contributed by atoms with Crippen molar-refractivity contribution in [1.29, 1.82) is 0 Å². The highest BCUT2D eigenvalue weighted by molar-refractivity contribution is 9.16. The molecule has 0 aromatic carbocycles. The summed E-state index contributed by atoms with van der Waals surface area (Å²) < 4.78 is 4.66. The van der Waals surface area contributed by atoms with Crippen molar-refractivity contribution in [2.24, 2.45) is 0 Å². The van der Waals surface area contributed by atoms with E-state index in [1.165, 1.54) is 0 Å². The normalized spacial score (nSPS) is 11.2. The Bertz CT molecular complexity index is 127. The number of hydrogen-bond donors (Lipinski definition) is 0. The predicted molar refractivity (Wildman–Crippen MR) is 45.7 cm³/mol. The van der Waals surface area contributed by atoms with E-state index in [1.807, 2.05) is 6.92 Å². The van der Waals surface area contributed by atoms with Gasteiger partial charge in [-0.15, -0.1) is 0 Å². The van der Waals surface area contributed by atoms with Crippen LogP contribution in [-0.4, -0.2) is 21.8 Å². The molecule has 0 radical (unpaired) electrons. The number of nitrogens with zero attached hydrogens (tertiary/aromatic N) is 1. The molecule has 0 aliphatic carbocycles. The summed E-state index contributed by atoms with van der Waals surface area (Å²) in [5, 5.41) is 0. The van der Waals surface area contributed by atoms with Crippen LogP contribution >= 0.6 is 32.3 Å². The quantitative estimate of drug-likeness (QED) is 0.724. The van der Waals surface area contributed by atoms with Gasteiger partial charge in [0.05, 0.1) is 6.61 Å². The number of rotatable bonds is 2. The summed E-state index contributed by atoms with van der Waals surface area (Å²) in [6.07, 6.45) is -0.329. The predicted octanol–water partition coefficient (Wildman–Crippen LogP) is 2.60. The summed E-state index contributed by atoms with van der Waals surface area (Å²) in [5.74, 6) is 0. The molecule has 10 heavy (non-hydrogen) atoms. The van der Waals surface area contributed by atoms with E-state index < -0.39 is 0 Å². The van der Waals surface area contributed by atoms with Crippen LogP contribution in [0.1, 0.15) is 13.8 Å². The largest absolute Gasteiger partial charge is 0.537 e. The van der Waals surface area contributed by atoms with Crippen LogP contribution in [0.3, 0.4) is 0 Å². The second-order valence-corrected chi connectivity index (χ2v) is 5.02. The Labute approximate surface area is 77.6 Å².